The van der Waals surface area contributed by atoms with Crippen LogP contribution in [0.25, 0.3) is 0 Å². The van der Waals surface area contributed by atoms with E-state index >= 15 is 0 Å². The van der Waals surface area contributed by atoms with E-state index in [1.807, 2.05) is 20.9 Å². The quantitative estimate of drug-likeness (QED) is 0.0272. The molecule has 7 amide bonds. The Labute approximate surface area is 651 Å². The van der Waals surface area contributed by atoms with Crippen LogP contribution in [-0.4, -0.2) is 367 Å². The number of benzene rings is 1. The number of aliphatic hydroxyl groups is 4. The van der Waals surface area contributed by atoms with Crippen molar-refractivity contribution in [3.8, 4) is 0 Å². The van der Waals surface area contributed by atoms with Crippen LogP contribution >= 0.6 is 0 Å². The molecule has 8 atom stereocenters. The van der Waals surface area contributed by atoms with Crippen molar-refractivity contribution in [2.75, 3.05) is 237 Å². The number of nitrogens with one attached hydrogen (secondary N) is 6. The van der Waals surface area contributed by atoms with E-state index < -0.39 is 66.6 Å². The first-order valence-corrected chi connectivity index (χ1v) is 39.2. The monoisotopic (exact) mass is 1580 g/mol. The van der Waals surface area contributed by atoms with Gasteiger partial charge < -0.3 is 133 Å². The third-order valence-corrected chi connectivity index (χ3v) is 18.6. The van der Waals surface area contributed by atoms with Crippen LogP contribution in [0.15, 0.2) is 36.5 Å². The normalized spacial score (nSPS) is 19.8. The van der Waals surface area contributed by atoms with Crippen molar-refractivity contribution in [2.24, 2.45) is 5.92 Å². The molecule has 0 unspecified atom stereocenters. The predicted molar refractivity (Wildman–Crippen MR) is 400 cm³/mol. The number of anilines is 1. The zero-order valence-electron chi connectivity index (χ0n) is 65.2. The summed E-state index contributed by atoms with van der Waals surface area (Å²) in [6, 6.07) is 6.36. The van der Waals surface area contributed by atoms with Crippen molar-refractivity contribution in [3.63, 3.8) is 0 Å². The Morgan fingerprint density at radius 3 is 1.43 bits per heavy atom. The molecular weight excluding hydrogens is 1460 g/mol. The zero-order chi connectivity index (χ0) is 79.5. The molecule has 1 aliphatic carbocycles. The molecule has 111 heavy (non-hydrogen) atoms. The standard InChI is InChI=1S/C75H126N10O26/c1-55(2)85-61(14-19-78-85)73(94)82-70(57-8-6-4-5-7-9-57)74(95)80-58-12-10-56(11-13-58)48-60(75(96)84-24-22-83(3)23-25-84)81-69(91)54-109-47-43-103-42-46-108-53-68(90)79-59(49-104-26-17-66(88)76-20-30-97-32-34-99-36-38-101-40-44-106-51-64-71(92)62(86)15-28-110-64)50-105-27-18-67(89)77-21-31-98-33-35-100-37-39-102-41-45-107-52-65-72(93)63(87)16-29-111-65/h10-14,19,55,57,59-60,62-65,70-72,86-87,92-93H,4-9,15-18,20-54H2,1-3H3,(H,76,88)(H,77,89)(H,79,90)(H,80,95)(H,81,91)(H,82,94)/t60-,62-,63-,64-,65-,70+,71-,72-/m1/s1. The van der Waals surface area contributed by atoms with Gasteiger partial charge in [-0.1, -0.05) is 37.8 Å². The lowest BCUT2D eigenvalue weighted by molar-refractivity contribution is -0.156. The molecule has 4 aliphatic rings. The maximum atomic E-state index is 14.1. The lowest BCUT2D eigenvalue weighted by atomic mass is 9.91. The average molecular weight is 1580 g/mol. The van der Waals surface area contributed by atoms with Gasteiger partial charge in [-0.25, -0.2) is 0 Å². The van der Waals surface area contributed by atoms with Crippen molar-refractivity contribution in [3.05, 3.63) is 47.8 Å². The summed E-state index contributed by atoms with van der Waals surface area (Å²) in [5.74, 6) is -2.47. The lowest BCUT2D eigenvalue weighted by Crippen LogP contribution is -2.55. The fraction of sp³-hybridized carbons (Fsp3) is 0.787. The SMILES string of the molecule is CC(C)n1nccc1C(=O)N[C@H](C(=O)Nc1ccc(C[C@@H](NC(=O)COCCOCCOCC(=O)NC(COCCC(=O)NCCOCCOCCOCCOC[C@H]2OCC[C@@H](O)[C@H]2O)COCCC(=O)NCCOCCOCCOCCOC[C@H]2OCC[C@@H](O)[C@H]2O)C(=O)N2CCN(C)CC2)cc1)C1CCCCCC1. The molecule has 0 radical (unpaired) electrons. The molecule has 1 aromatic heterocycles. The Hall–Kier alpha value is -6.08. The van der Waals surface area contributed by atoms with Crippen molar-refractivity contribution in [1.29, 1.82) is 0 Å². The Bertz CT molecular complexity index is 2800. The van der Waals surface area contributed by atoms with Gasteiger partial charge in [0.1, 0.15) is 55.4 Å². The van der Waals surface area contributed by atoms with Crippen LogP contribution in [0.1, 0.15) is 100 Å². The molecule has 1 saturated carbocycles. The Kier molecular flexibility index (Phi) is 48.2. The first-order valence-electron chi connectivity index (χ1n) is 39.2. The maximum Gasteiger partial charge on any atom is 0.270 e. The number of nitrogens with zero attached hydrogens (tertiary/aromatic N) is 4. The molecule has 4 heterocycles. The van der Waals surface area contributed by atoms with Crippen LogP contribution in [-0.2, 0) is 106 Å². The topological polar surface area (TPSA) is 435 Å². The minimum absolute atomic E-state index is 0.0246. The largest absolute Gasteiger partial charge is 0.390 e. The predicted octanol–water partition coefficient (Wildman–Crippen LogP) is -1.29. The lowest BCUT2D eigenvalue weighted by Gasteiger charge is -2.34. The molecule has 4 fully saturated rings. The van der Waals surface area contributed by atoms with Gasteiger partial charge in [0.25, 0.3) is 5.91 Å². The summed E-state index contributed by atoms with van der Waals surface area (Å²) in [6.07, 6.45) is 3.57. The molecule has 36 heteroatoms. The third-order valence-electron chi connectivity index (χ3n) is 18.6. The summed E-state index contributed by atoms with van der Waals surface area (Å²) in [6.45, 7) is 11.8. The number of ether oxygens (including phenoxy) is 15. The molecule has 3 saturated heterocycles. The number of hydrogen-bond donors (Lipinski definition) is 10. The van der Waals surface area contributed by atoms with Gasteiger partial charge >= 0.3 is 0 Å². The second-order valence-electron chi connectivity index (χ2n) is 27.8. The van der Waals surface area contributed by atoms with E-state index in [-0.39, 0.29) is 166 Å². The summed E-state index contributed by atoms with van der Waals surface area (Å²) in [5.41, 5.74) is 1.65. The van der Waals surface area contributed by atoms with Crippen molar-refractivity contribution in [2.45, 2.75) is 145 Å². The summed E-state index contributed by atoms with van der Waals surface area (Å²) in [5, 5.41) is 61.1. The molecule has 1 aromatic carbocycles. The summed E-state index contributed by atoms with van der Waals surface area (Å²) >= 11 is 0. The Morgan fingerprint density at radius 1 is 0.505 bits per heavy atom. The van der Waals surface area contributed by atoms with E-state index in [1.54, 1.807) is 46.1 Å². The minimum Gasteiger partial charge on any atom is -0.390 e. The van der Waals surface area contributed by atoms with Crippen molar-refractivity contribution < 1.29 is 125 Å². The molecule has 36 nitrogen and oxygen atoms in total. The van der Waals surface area contributed by atoms with E-state index in [4.69, 9.17) is 71.1 Å². The highest BCUT2D eigenvalue weighted by molar-refractivity contribution is 6.00. The van der Waals surface area contributed by atoms with Crippen LogP contribution in [0.5, 0.6) is 0 Å². The van der Waals surface area contributed by atoms with E-state index in [1.165, 1.54) is 0 Å². The number of rotatable bonds is 59. The van der Waals surface area contributed by atoms with Crippen LogP contribution in [0.2, 0.25) is 0 Å². The summed E-state index contributed by atoms with van der Waals surface area (Å²) < 4.78 is 85.0. The number of piperazine rings is 1. The highest BCUT2D eigenvalue weighted by Crippen LogP contribution is 2.28. The smallest absolute Gasteiger partial charge is 0.270 e. The van der Waals surface area contributed by atoms with E-state index in [2.05, 4.69) is 41.9 Å². The number of likely N-dealkylation sites (N-methyl/N-ethyl adjacent to an activating group) is 1. The third kappa shape index (κ3) is 39.7. The second kappa shape index (κ2) is 57.0. The van der Waals surface area contributed by atoms with E-state index in [9.17, 15) is 54.0 Å². The number of amides is 7. The van der Waals surface area contributed by atoms with Gasteiger partial charge in [-0.2, -0.15) is 5.10 Å². The van der Waals surface area contributed by atoms with Gasteiger partial charge in [0.15, 0.2) is 0 Å². The highest BCUT2D eigenvalue weighted by Gasteiger charge is 2.35. The molecule has 10 N–H and O–H groups in total. The highest BCUT2D eigenvalue weighted by atomic mass is 16.6. The molecule has 632 valence electrons. The fourth-order valence-electron chi connectivity index (χ4n) is 12.3. The van der Waals surface area contributed by atoms with Crippen molar-refractivity contribution in [1.82, 2.24) is 46.2 Å². The average Bonchev–Trinajstić information content (AvgIpc) is 1.79. The number of aliphatic hydroxyl groups excluding tert-OH is 4. The summed E-state index contributed by atoms with van der Waals surface area (Å²) in [7, 11) is 1.99. The van der Waals surface area contributed by atoms with Crippen molar-refractivity contribution >= 4 is 47.0 Å². The molecule has 6 rings (SSSR count). The van der Waals surface area contributed by atoms with Crippen LogP contribution < -0.4 is 31.9 Å². The van der Waals surface area contributed by atoms with Crippen LogP contribution in [0, 0.1) is 5.92 Å². The Morgan fingerprint density at radius 2 is 0.955 bits per heavy atom. The van der Waals surface area contributed by atoms with Gasteiger partial charge in [-0.15, -0.1) is 0 Å². The van der Waals surface area contributed by atoms with Gasteiger partial charge in [-0.05, 0) is 76.3 Å². The fourth-order valence-corrected chi connectivity index (χ4v) is 12.3. The van der Waals surface area contributed by atoms with Gasteiger partial charge in [0, 0.05) is 89.7 Å². The number of carbonyl (C=O) groups excluding carboxylic acids is 7. The first kappa shape index (κ1) is 93.8. The molecular formula is C75H126N10O26. The van der Waals surface area contributed by atoms with Gasteiger partial charge in [0.05, 0.1) is 177 Å². The van der Waals surface area contributed by atoms with Gasteiger partial charge in [0.2, 0.25) is 35.4 Å². The minimum atomic E-state index is -0.977. The maximum absolute atomic E-state index is 14.1. The molecule has 2 aromatic rings. The number of hydrogen-bond acceptors (Lipinski definition) is 28. The van der Waals surface area contributed by atoms with E-state index in [0.29, 0.717) is 143 Å². The molecule has 3 aliphatic heterocycles. The first-order chi connectivity index (χ1) is 53.9. The number of carbonyl (C=O) groups is 7. The van der Waals surface area contributed by atoms with Gasteiger partial charge in [-0.3, -0.25) is 38.2 Å². The van der Waals surface area contributed by atoms with Crippen LogP contribution in [0.4, 0.5) is 5.69 Å². The molecule has 0 bridgehead atoms. The van der Waals surface area contributed by atoms with Crippen LogP contribution in [0.3, 0.4) is 0 Å². The zero-order valence-corrected chi connectivity index (χ0v) is 65.2. The summed E-state index contributed by atoms with van der Waals surface area (Å²) in [4.78, 5) is 97.3. The second-order valence-corrected chi connectivity index (χ2v) is 27.8. The van der Waals surface area contributed by atoms with E-state index in [0.717, 1.165) is 44.1 Å². The Balaban J connectivity index is 0.840. The number of aromatic nitrogens is 2. The molecule has 0 spiro atoms.